The van der Waals surface area contributed by atoms with Crippen LogP contribution in [0.4, 0.5) is 5.69 Å². The number of halogens is 1. The topological polar surface area (TPSA) is 12.0 Å². The molecule has 2 heteroatoms. The molecule has 1 nitrogen and oxygen atoms in total. The van der Waals surface area contributed by atoms with E-state index < -0.39 is 0 Å². The highest BCUT2D eigenvalue weighted by atomic mass is 35.5. The molecule has 2 aromatic rings. The molecule has 1 unspecified atom stereocenters. The Hall–Kier alpha value is -1.47. The average molecular weight is 286 g/mol. The Morgan fingerprint density at radius 3 is 2.65 bits per heavy atom. The molecule has 0 radical (unpaired) electrons. The fraction of sp³-hybridized carbons (Fsp3) is 0.333. The van der Waals surface area contributed by atoms with Crippen LogP contribution in [0, 0.1) is 12.3 Å². The summed E-state index contributed by atoms with van der Waals surface area (Å²) in [7, 11) is 0. The van der Waals surface area contributed by atoms with E-state index in [0.29, 0.717) is 6.04 Å². The summed E-state index contributed by atoms with van der Waals surface area (Å²) in [6, 6.07) is 15.1. The number of benzene rings is 2. The third kappa shape index (κ3) is 2.31. The predicted octanol–water partition coefficient (Wildman–Crippen LogP) is 5.38. The van der Waals surface area contributed by atoms with Gasteiger partial charge in [-0.05, 0) is 53.6 Å². The zero-order chi connectivity index (χ0) is 14.3. The molecule has 0 bridgehead atoms. The normalized spacial score (nSPS) is 19.7. The van der Waals surface area contributed by atoms with E-state index in [-0.39, 0.29) is 5.41 Å². The molecular weight excluding hydrogens is 266 g/mol. The quantitative estimate of drug-likeness (QED) is 0.781. The van der Waals surface area contributed by atoms with Gasteiger partial charge in [0.25, 0.3) is 0 Å². The van der Waals surface area contributed by atoms with E-state index in [9.17, 15) is 0 Å². The zero-order valence-electron chi connectivity index (χ0n) is 12.2. The van der Waals surface area contributed by atoms with Crippen LogP contribution in [0.5, 0.6) is 0 Å². The lowest BCUT2D eigenvalue weighted by Gasteiger charge is -2.30. The molecule has 0 fully saturated rings. The Balaban J connectivity index is 1.97. The molecular formula is C18H20ClN. The molecule has 0 saturated heterocycles. The zero-order valence-corrected chi connectivity index (χ0v) is 13.0. The number of hydrogen-bond acceptors (Lipinski definition) is 1. The second kappa shape index (κ2) is 4.82. The summed E-state index contributed by atoms with van der Waals surface area (Å²) < 4.78 is 0. The van der Waals surface area contributed by atoms with Crippen LogP contribution in [0.2, 0.25) is 5.02 Å². The van der Waals surface area contributed by atoms with Crippen LogP contribution in [-0.4, -0.2) is 0 Å². The third-order valence-electron chi connectivity index (χ3n) is 4.28. The summed E-state index contributed by atoms with van der Waals surface area (Å²) in [4.78, 5) is 0. The van der Waals surface area contributed by atoms with Crippen molar-refractivity contribution in [1.82, 2.24) is 0 Å². The fourth-order valence-electron chi connectivity index (χ4n) is 3.21. The number of hydrogen-bond donors (Lipinski definition) is 1. The van der Waals surface area contributed by atoms with Crippen LogP contribution in [-0.2, 0) is 6.42 Å². The number of aryl methyl sites for hydroxylation is 1. The minimum absolute atomic E-state index is 0.218. The molecule has 1 atom stereocenters. The van der Waals surface area contributed by atoms with Crippen LogP contribution in [0.3, 0.4) is 0 Å². The van der Waals surface area contributed by atoms with Gasteiger partial charge in [-0.1, -0.05) is 49.7 Å². The van der Waals surface area contributed by atoms with Gasteiger partial charge < -0.3 is 5.32 Å². The SMILES string of the molecule is Cc1cc(Cl)ccc1NC1c2ccccc2CC1(C)C. The minimum atomic E-state index is 0.218. The highest BCUT2D eigenvalue weighted by Crippen LogP contribution is 2.47. The van der Waals surface area contributed by atoms with E-state index in [4.69, 9.17) is 11.6 Å². The van der Waals surface area contributed by atoms with Crippen molar-refractivity contribution in [2.45, 2.75) is 33.2 Å². The first-order valence-corrected chi connectivity index (χ1v) is 7.46. The highest BCUT2D eigenvalue weighted by molar-refractivity contribution is 6.30. The molecule has 1 aliphatic carbocycles. The first kappa shape index (κ1) is 13.5. The van der Waals surface area contributed by atoms with Crippen LogP contribution >= 0.6 is 11.6 Å². The van der Waals surface area contributed by atoms with Crippen molar-refractivity contribution >= 4 is 17.3 Å². The van der Waals surface area contributed by atoms with Crippen molar-refractivity contribution < 1.29 is 0 Å². The second-order valence-corrected chi connectivity index (χ2v) is 6.84. The maximum atomic E-state index is 6.04. The van der Waals surface area contributed by atoms with Gasteiger partial charge in [0, 0.05) is 10.7 Å². The van der Waals surface area contributed by atoms with Crippen LogP contribution < -0.4 is 5.32 Å². The molecule has 0 aromatic heterocycles. The Morgan fingerprint density at radius 1 is 1.15 bits per heavy atom. The van der Waals surface area contributed by atoms with Crippen LogP contribution in [0.15, 0.2) is 42.5 Å². The molecule has 104 valence electrons. The third-order valence-corrected chi connectivity index (χ3v) is 4.52. The molecule has 20 heavy (non-hydrogen) atoms. The summed E-state index contributed by atoms with van der Waals surface area (Å²) >= 11 is 6.04. The van der Waals surface area contributed by atoms with Crippen LogP contribution in [0.25, 0.3) is 0 Å². The van der Waals surface area contributed by atoms with Gasteiger partial charge >= 0.3 is 0 Å². The minimum Gasteiger partial charge on any atom is -0.377 e. The molecule has 0 saturated carbocycles. The number of fused-ring (bicyclic) bond motifs is 1. The monoisotopic (exact) mass is 285 g/mol. The van der Waals surface area contributed by atoms with Gasteiger partial charge in [-0.25, -0.2) is 0 Å². The van der Waals surface area contributed by atoms with Gasteiger partial charge in [0.2, 0.25) is 0 Å². The lowest BCUT2D eigenvalue weighted by Crippen LogP contribution is -2.24. The summed E-state index contributed by atoms with van der Waals surface area (Å²) in [5.74, 6) is 0. The molecule has 1 N–H and O–H groups in total. The standard InChI is InChI=1S/C18H20ClN/c1-12-10-14(19)8-9-16(12)20-17-15-7-5-4-6-13(15)11-18(17,2)3/h4-10,17,20H,11H2,1-3H3. The smallest absolute Gasteiger partial charge is 0.0570 e. The van der Waals surface area contributed by atoms with Crippen molar-refractivity contribution in [2.75, 3.05) is 5.32 Å². The van der Waals surface area contributed by atoms with Crippen molar-refractivity contribution in [1.29, 1.82) is 0 Å². The van der Waals surface area contributed by atoms with E-state index in [1.54, 1.807) is 0 Å². The molecule has 0 heterocycles. The Bertz CT molecular complexity index is 646. The summed E-state index contributed by atoms with van der Waals surface area (Å²) in [6.45, 7) is 6.76. The Labute approximate surface area is 126 Å². The van der Waals surface area contributed by atoms with Crippen molar-refractivity contribution in [3.8, 4) is 0 Å². The van der Waals surface area contributed by atoms with Crippen molar-refractivity contribution in [3.63, 3.8) is 0 Å². The molecule has 0 spiro atoms. The van der Waals surface area contributed by atoms with Crippen molar-refractivity contribution in [2.24, 2.45) is 5.41 Å². The Morgan fingerprint density at radius 2 is 1.90 bits per heavy atom. The largest absolute Gasteiger partial charge is 0.377 e. The number of rotatable bonds is 2. The van der Waals surface area contributed by atoms with E-state index >= 15 is 0 Å². The van der Waals surface area contributed by atoms with Gasteiger partial charge in [0.05, 0.1) is 6.04 Å². The van der Waals surface area contributed by atoms with Gasteiger partial charge in [0.15, 0.2) is 0 Å². The first-order chi connectivity index (χ1) is 9.47. The molecule has 2 aromatic carbocycles. The lowest BCUT2D eigenvalue weighted by molar-refractivity contribution is 0.337. The molecule has 0 aliphatic heterocycles. The van der Waals surface area contributed by atoms with Gasteiger partial charge in [-0.2, -0.15) is 0 Å². The molecule has 1 aliphatic rings. The van der Waals surface area contributed by atoms with Crippen molar-refractivity contribution in [3.05, 3.63) is 64.2 Å². The summed E-state index contributed by atoms with van der Waals surface area (Å²) in [5.41, 5.74) is 5.46. The molecule has 3 rings (SSSR count). The van der Waals surface area contributed by atoms with E-state index in [0.717, 1.165) is 11.4 Å². The van der Waals surface area contributed by atoms with E-state index in [2.05, 4.69) is 56.4 Å². The van der Waals surface area contributed by atoms with Gasteiger partial charge in [0.1, 0.15) is 0 Å². The number of anilines is 1. The van der Waals surface area contributed by atoms with Crippen LogP contribution in [0.1, 0.15) is 36.6 Å². The summed E-state index contributed by atoms with van der Waals surface area (Å²) in [6.07, 6.45) is 1.12. The Kier molecular flexibility index (Phi) is 3.25. The first-order valence-electron chi connectivity index (χ1n) is 7.08. The lowest BCUT2D eigenvalue weighted by atomic mass is 9.85. The predicted molar refractivity (Wildman–Crippen MR) is 86.5 cm³/mol. The van der Waals surface area contributed by atoms with E-state index in [1.807, 2.05) is 12.1 Å². The van der Waals surface area contributed by atoms with Gasteiger partial charge in [-0.15, -0.1) is 0 Å². The molecule has 0 amide bonds. The van der Waals surface area contributed by atoms with E-state index in [1.165, 1.54) is 22.4 Å². The van der Waals surface area contributed by atoms with Gasteiger partial charge in [-0.3, -0.25) is 0 Å². The number of nitrogens with one attached hydrogen (secondary N) is 1. The maximum absolute atomic E-state index is 6.04. The summed E-state index contributed by atoms with van der Waals surface area (Å²) in [5, 5.41) is 4.52. The fourth-order valence-corrected chi connectivity index (χ4v) is 3.43. The second-order valence-electron chi connectivity index (χ2n) is 6.40. The maximum Gasteiger partial charge on any atom is 0.0570 e. The highest BCUT2D eigenvalue weighted by Gasteiger charge is 2.38. The average Bonchev–Trinajstić information content (AvgIpc) is 2.63.